The molecule has 1 atom stereocenters. The van der Waals surface area contributed by atoms with E-state index < -0.39 is 6.10 Å². The smallest absolute Gasteiger partial charge is 0.260 e. The topological polar surface area (TPSA) is 64.3 Å². The van der Waals surface area contributed by atoms with Gasteiger partial charge in [0.1, 0.15) is 5.75 Å². The predicted octanol–water partition coefficient (Wildman–Crippen LogP) is 3.52. The second kappa shape index (κ2) is 8.47. The Morgan fingerprint density at radius 1 is 1.33 bits per heavy atom. The molecule has 0 saturated carbocycles. The summed E-state index contributed by atoms with van der Waals surface area (Å²) in [6, 6.07) is 3.41. The van der Waals surface area contributed by atoms with Crippen molar-refractivity contribution in [2.45, 2.75) is 52.3 Å². The Hall–Kier alpha value is -0.970. The quantitative estimate of drug-likeness (QED) is 0.802. The van der Waals surface area contributed by atoms with Crippen LogP contribution in [0, 0.1) is 0 Å². The van der Waals surface area contributed by atoms with Gasteiger partial charge in [0, 0.05) is 23.2 Å². The van der Waals surface area contributed by atoms with E-state index in [9.17, 15) is 4.79 Å². The highest BCUT2D eigenvalue weighted by molar-refractivity contribution is 6.35. The second-order valence-electron chi connectivity index (χ2n) is 4.86. The Balaban J connectivity index is 2.83. The van der Waals surface area contributed by atoms with Crippen LogP contribution in [-0.2, 0) is 11.3 Å². The third-order valence-corrected chi connectivity index (χ3v) is 3.80. The maximum Gasteiger partial charge on any atom is 0.260 e. The average molecular weight is 333 g/mol. The minimum atomic E-state index is -0.658. The molecule has 3 N–H and O–H groups in total. The molecule has 0 fully saturated rings. The fourth-order valence-corrected chi connectivity index (χ4v) is 2.52. The molecule has 0 aliphatic rings. The van der Waals surface area contributed by atoms with Crippen LogP contribution in [0.25, 0.3) is 0 Å². The molecule has 6 heteroatoms. The Kier molecular flexibility index (Phi) is 7.29. The number of amides is 1. The molecule has 4 nitrogen and oxygen atoms in total. The lowest BCUT2D eigenvalue weighted by atomic mass is 10.1. The van der Waals surface area contributed by atoms with E-state index in [1.54, 1.807) is 19.1 Å². The van der Waals surface area contributed by atoms with E-state index in [2.05, 4.69) is 5.32 Å². The van der Waals surface area contributed by atoms with Gasteiger partial charge in [0.25, 0.3) is 5.91 Å². The van der Waals surface area contributed by atoms with E-state index >= 15 is 0 Å². The number of nitrogens with two attached hydrogens (primary N) is 1. The monoisotopic (exact) mass is 332 g/mol. The van der Waals surface area contributed by atoms with Gasteiger partial charge in [-0.2, -0.15) is 0 Å². The highest BCUT2D eigenvalue weighted by Crippen LogP contribution is 2.33. The standard InChI is InChI=1S/C15H22Cl2N2O2/c1-4-12(5-2)19-15(20)9(3)21-14-10(8-18)6-11(16)7-13(14)17/h6-7,9,12H,4-5,8,18H2,1-3H3,(H,19,20). The van der Waals surface area contributed by atoms with Crippen LogP contribution in [0.2, 0.25) is 10.0 Å². The lowest BCUT2D eigenvalue weighted by Crippen LogP contribution is -2.42. The zero-order valence-corrected chi connectivity index (χ0v) is 14.1. The van der Waals surface area contributed by atoms with Gasteiger partial charge >= 0.3 is 0 Å². The molecule has 1 aromatic rings. The van der Waals surface area contributed by atoms with Crippen molar-refractivity contribution in [2.75, 3.05) is 0 Å². The van der Waals surface area contributed by atoms with Crippen molar-refractivity contribution in [3.8, 4) is 5.75 Å². The number of hydrogen-bond donors (Lipinski definition) is 2. The molecule has 1 amide bonds. The van der Waals surface area contributed by atoms with Crippen molar-refractivity contribution < 1.29 is 9.53 Å². The van der Waals surface area contributed by atoms with E-state index in [4.69, 9.17) is 33.7 Å². The number of rotatable bonds is 7. The Morgan fingerprint density at radius 2 is 1.95 bits per heavy atom. The van der Waals surface area contributed by atoms with E-state index in [0.717, 1.165) is 12.8 Å². The Morgan fingerprint density at radius 3 is 2.48 bits per heavy atom. The largest absolute Gasteiger partial charge is 0.479 e. The molecular formula is C15H22Cl2N2O2. The van der Waals surface area contributed by atoms with Gasteiger partial charge < -0.3 is 15.8 Å². The minimum absolute atomic E-state index is 0.151. The van der Waals surface area contributed by atoms with Crippen LogP contribution in [0.15, 0.2) is 12.1 Å². The van der Waals surface area contributed by atoms with Crippen LogP contribution in [0.5, 0.6) is 5.75 Å². The van der Waals surface area contributed by atoms with Crippen molar-refractivity contribution in [3.63, 3.8) is 0 Å². The van der Waals surface area contributed by atoms with Crippen molar-refractivity contribution in [1.82, 2.24) is 5.32 Å². The van der Waals surface area contributed by atoms with Gasteiger partial charge in [-0.05, 0) is 31.9 Å². The van der Waals surface area contributed by atoms with Crippen molar-refractivity contribution in [1.29, 1.82) is 0 Å². The maximum atomic E-state index is 12.1. The van der Waals surface area contributed by atoms with Crippen LogP contribution in [0.4, 0.5) is 0 Å². The minimum Gasteiger partial charge on any atom is -0.479 e. The second-order valence-corrected chi connectivity index (χ2v) is 5.71. The number of benzene rings is 1. The molecule has 1 rings (SSSR count). The van der Waals surface area contributed by atoms with Crippen molar-refractivity contribution in [2.24, 2.45) is 5.73 Å². The van der Waals surface area contributed by atoms with Gasteiger partial charge in [-0.25, -0.2) is 0 Å². The summed E-state index contributed by atoms with van der Waals surface area (Å²) in [5.74, 6) is 0.244. The summed E-state index contributed by atoms with van der Waals surface area (Å²) in [7, 11) is 0. The van der Waals surface area contributed by atoms with Crippen LogP contribution < -0.4 is 15.8 Å². The zero-order valence-electron chi connectivity index (χ0n) is 12.6. The molecular weight excluding hydrogens is 311 g/mol. The van der Waals surface area contributed by atoms with E-state index in [0.29, 0.717) is 21.4 Å². The molecule has 0 saturated heterocycles. The molecule has 0 heterocycles. The zero-order chi connectivity index (χ0) is 16.0. The fourth-order valence-electron chi connectivity index (χ4n) is 1.94. The first kappa shape index (κ1) is 18.1. The summed E-state index contributed by atoms with van der Waals surface area (Å²) in [6.07, 6.45) is 1.10. The SMILES string of the molecule is CCC(CC)NC(=O)C(C)Oc1c(Cl)cc(Cl)cc1CN. The molecule has 0 aliphatic heterocycles. The summed E-state index contributed by atoms with van der Waals surface area (Å²) in [4.78, 5) is 12.1. The van der Waals surface area contributed by atoms with Gasteiger partial charge in [0.05, 0.1) is 5.02 Å². The number of nitrogens with one attached hydrogen (secondary N) is 1. The maximum absolute atomic E-state index is 12.1. The Bertz CT molecular complexity index is 491. The molecule has 0 aromatic heterocycles. The number of halogens is 2. The molecule has 0 aliphatic carbocycles. The summed E-state index contributed by atoms with van der Waals surface area (Å²) in [5, 5.41) is 3.78. The van der Waals surface area contributed by atoms with E-state index in [1.807, 2.05) is 13.8 Å². The molecule has 0 radical (unpaired) electrons. The first-order valence-corrected chi connectivity index (χ1v) is 7.83. The Labute approximate surface area is 135 Å². The first-order chi connectivity index (χ1) is 9.92. The number of carbonyl (C=O) groups is 1. The third-order valence-electron chi connectivity index (χ3n) is 3.30. The van der Waals surface area contributed by atoms with Gasteiger partial charge in [0.15, 0.2) is 6.10 Å². The number of hydrogen-bond acceptors (Lipinski definition) is 3. The number of ether oxygens (including phenoxy) is 1. The molecule has 1 unspecified atom stereocenters. The van der Waals surface area contributed by atoms with Crippen LogP contribution in [-0.4, -0.2) is 18.1 Å². The van der Waals surface area contributed by atoms with Crippen molar-refractivity contribution in [3.05, 3.63) is 27.7 Å². The molecule has 0 bridgehead atoms. The van der Waals surface area contributed by atoms with Crippen LogP contribution in [0.1, 0.15) is 39.2 Å². The van der Waals surface area contributed by atoms with Gasteiger partial charge in [-0.3, -0.25) is 4.79 Å². The highest BCUT2D eigenvalue weighted by Gasteiger charge is 2.20. The average Bonchev–Trinajstić information content (AvgIpc) is 2.46. The highest BCUT2D eigenvalue weighted by atomic mass is 35.5. The van der Waals surface area contributed by atoms with Gasteiger partial charge in [0.2, 0.25) is 0 Å². The summed E-state index contributed by atoms with van der Waals surface area (Å²) in [6.45, 7) is 5.98. The molecule has 21 heavy (non-hydrogen) atoms. The van der Waals surface area contributed by atoms with Crippen LogP contribution in [0.3, 0.4) is 0 Å². The number of carbonyl (C=O) groups excluding carboxylic acids is 1. The summed E-state index contributed by atoms with van der Waals surface area (Å²) < 4.78 is 5.69. The molecule has 1 aromatic carbocycles. The van der Waals surface area contributed by atoms with Crippen LogP contribution >= 0.6 is 23.2 Å². The van der Waals surface area contributed by atoms with Gasteiger partial charge in [-0.15, -0.1) is 0 Å². The van der Waals surface area contributed by atoms with E-state index in [1.165, 1.54) is 0 Å². The van der Waals surface area contributed by atoms with Crippen molar-refractivity contribution >= 4 is 29.1 Å². The molecule has 118 valence electrons. The lowest BCUT2D eigenvalue weighted by Gasteiger charge is -2.21. The first-order valence-electron chi connectivity index (χ1n) is 7.07. The third kappa shape index (κ3) is 5.06. The summed E-state index contributed by atoms with van der Waals surface area (Å²) >= 11 is 12.1. The molecule has 0 spiro atoms. The fraction of sp³-hybridized carbons (Fsp3) is 0.533. The van der Waals surface area contributed by atoms with E-state index in [-0.39, 0.29) is 18.5 Å². The normalized spacial score (nSPS) is 12.3. The summed E-state index contributed by atoms with van der Waals surface area (Å²) in [5.41, 5.74) is 6.34. The van der Waals surface area contributed by atoms with Gasteiger partial charge in [-0.1, -0.05) is 37.0 Å². The lowest BCUT2D eigenvalue weighted by molar-refractivity contribution is -0.128. The predicted molar refractivity (Wildman–Crippen MR) is 87.0 cm³/mol.